The molecule has 0 spiro atoms. The second-order valence-electron chi connectivity index (χ2n) is 8.97. The lowest BCUT2D eigenvalue weighted by molar-refractivity contribution is -0.137. The van der Waals surface area contributed by atoms with Crippen LogP contribution in [0.5, 0.6) is 5.75 Å². The number of piperazine rings is 1. The minimum atomic E-state index is 0.239. The van der Waals surface area contributed by atoms with Crippen LogP contribution in [0.3, 0.4) is 0 Å². The summed E-state index contributed by atoms with van der Waals surface area (Å²) in [5, 5.41) is 0. The van der Waals surface area contributed by atoms with E-state index in [1.807, 2.05) is 30.6 Å². The highest BCUT2D eigenvalue weighted by atomic mass is 16.5. The number of methoxy groups -OCH3 is 1. The van der Waals surface area contributed by atoms with E-state index in [0.29, 0.717) is 5.91 Å². The van der Waals surface area contributed by atoms with Crippen LogP contribution < -0.4 is 9.64 Å². The first-order chi connectivity index (χ1) is 15.2. The number of imidazole rings is 1. The van der Waals surface area contributed by atoms with Gasteiger partial charge in [-0.15, -0.1) is 0 Å². The molecule has 1 aliphatic carbocycles. The van der Waals surface area contributed by atoms with Crippen LogP contribution in [-0.4, -0.2) is 53.6 Å². The van der Waals surface area contributed by atoms with E-state index in [2.05, 4.69) is 32.3 Å². The maximum absolute atomic E-state index is 13.1. The van der Waals surface area contributed by atoms with Gasteiger partial charge in [0.1, 0.15) is 5.75 Å². The van der Waals surface area contributed by atoms with E-state index < -0.39 is 0 Å². The number of nitrogens with zero attached hydrogens (tertiary/aromatic N) is 4. The number of benzene rings is 1. The highest BCUT2D eigenvalue weighted by Gasteiger charge is 2.31. The minimum Gasteiger partial charge on any atom is -0.497 e. The molecule has 6 nitrogen and oxygen atoms in total. The van der Waals surface area contributed by atoms with Crippen molar-refractivity contribution in [2.75, 3.05) is 38.2 Å². The van der Waals surface area contributed by atoms with E-state index in [4.69, 9.17) is 4.74 Å². The predicted octanol–water partition coefficient (Wildman–Crippen LogP) is 4.53. The summed E-state index contributed by atoms with van der Waals surface area (Å²) >= 11 is 0. The van der Waals surface area contributed by atoms with Gasteiger partial charge in [-0.3, -0.25) is 9.36 Å². The first-order valence-electron chi connectivity index (χ1n) is 11.9. The Bertz CT molecular complexity index is 849. The Labute approximate surface area is 186 Å². The van der Waals surface area contributed by atoms with Crippen LogP contribution in [-0.2, 0) is 4.79 Å². The van der Waals surface area contributed by atoms with E-state index in [0.717, 1.165) is 62.3 Å². The van der Waals surface area contributed by atoms with Gasteiger partial charge in [-0.1, -0.05) is 32.3 Å². The molecule has 1 saturated carbocycles. The number of rotatable bonds is 7. The molecule has 0 N–H and O–H groups in total. The smallest absolute Gasteiger partial charge is 0.225 e. The third-order valence-electron chi connectivity index (χ3n) is 6.99. The molecule has 1 aromatic carbocycles. The summed E-state index contributed by atoms with van der Waals surface area (Å²) in [6.45, 7) is 5.45. The van der Waals surface area contributed by atoms with E-state index in [-0.39, 0.29) is 5.92 Å². The van der Waals surface area contributed by atoms with Crippen LogP contribution in [0.15, 0.2) is 36.7 Å². The first kappa shape index (κ1) is 21.7. The fourth-order valence-electron chi connectivity index (χ4n) is 5.07. The Hall–Kier alpha value is -2.50. The number of ether oxygens (including phenoxy) is 1. The highest BCUT2D eigenvalue weighted by Crippen LogP contribution is 2.33. The number of amides is 1. The zero-order valence-corrected chi connectivity index (χ0v) is 19.0. The molecule has 1 saturated heterocycles. The monoisotopic (exact) mass is 424 g/mol. The van der Waals surface area contributed by atoms with Crippen LogP contribution >= 0.6 is 0 Å². The minimum absolute atomic E-state index is 0.239. The molecule has 0 radical (unpaired) electrons. The Morgan fingerprint density at radius 3 is 2.61 bits per heavy atom. The van der Waals surface area contributed by atoms with Crippen LogP contribution in [0.25, 0.3) is 5.69 Å². The molecule has 4 rings (SSSR count). The summed E-state index contributed by atoms with van der Waals surface area (Å²) in [6.07, 6.45) is 12.4. The predicted molar refractivity (Wildman–Crippen MR) is 124 cm³/mol. The highest BCUT2D eigenvalue weighted by molar-refractivity contribution is 5.79. The molecular weight excluding hydrogens is 388 g/mol. The summed E-state index contributed by atoms with van der Waals surface area (Å²) in [7, 11) is 1.68. The zero-order valence-electron chi connectivity index (χ0n) is 19.0. The second-order valence-corrected chi connectivity index (χ2v) is 8.97. The Balaban J connectivity index is 1.33. The molecule has 1 aromatic heterocycles. The number of unbranched alkanes of at least 4 members (excludes halogenated alkanes) is 1. The Morgan fingerprint density at radius 1 is 1.13 bits per heavy atom. The maximum Gasteiger partial charge on any atom is 0.225 e. The SMILES string of the molecule is CCCCC1CCC(C(=O)N2CCN(c3nccn3-c3cccc(OC)c3)CC2)CC1. The molecule has 6 heteroatoms. The zero-order chi connectivity index (χ0) is 21.6. The van der Waals surface area contributed by atoms with Gasteiger partial charge in [0, 0.05) is 50.6 Å². The van der Waals surface area contributed by atoms with Gasteiger partial charge in [0.15, 0.2) is 0 Å². The van der Waals surface area contributed by atoms with Crippen molar-refractivity contribution >= 4 is 11.9 Å². The van der Waals surface area contributed by atoms with Crippen molar-refractivity contribution in [3.8, 4) is 11.4 Å². The fraction of sp³-hybridized carbons (Fsp3) is 0.600. The lowest BCUT2D eigenvalue weighted by Gasteiger charge is -2.38. The summed E-state index contributed by atoms with van der Waals surface area (Å²) in [5.74, 6) is 3.22. The lowest BCUT2D eigenvalue weighted by atomic mass is 9.79. The number of anilines is 1. The van der Waals surface area contributed by atoms with Crippen LogP contribution in [0.1, 0.15) is 51.9 Å². The molecule has 2 fully saturated rings. The van der Waals surface area contributed by atoms with E-state index in [1.54, 1.807) is 7.11 Å². The van der Waals surface area contributed by atoms with Gasteiger partial charge < -0.3 is 14.5 Å². The molecule has 1 aliphatic heterocycles. The molecule has 0 unspecified atom stereocenters. The number of carbonyl (C=O) groups is 1. The molecule has 168 valence electrons. The van der Waals surface area contributed by atoms with Crippen molar-refractivity contribution in [3.63, 3.8) is 0 Å². The summed E-state index contributed by atoms with van der Waals surface area (Å²) in [5.41, 5.74) is 1.03. The van der Waals surface area contributed by atoms with Crippen LogP contribution in [0.2, 0.25) is 0 Å². The van der Waals surface area contributed by atoms with Crippen molar-refractivity contribution in [1.82, 2.24) is 14.5 Å². The molecule has 31 heavy (non-hydrogen) atoms. The van der Waals surface area contributed by atoms with Gasteiger partial charge in [0.25, 0.3) is 0 Å². The van der Waals surface area contributed by atoms with Gasteiger partial charge in [-0.2, -0.15) is 0 Å². The topological polar surface area (TPSA) is 50.6 Å². The molecule has 0 bridgehead atoms. The normalized spacial score (nSPS) is 21.9. The van der Waals surface area contributed by atoms with E-state index >= 15 is 0 Å². The van der Waals surface area contributed by atoms with Gasteiger partial charge >= 0.3 is 0 Å². The Kier molecular flexibility index (Phi) is 7.15. The Morgan fingerprint density at radius 2 is 1.90 bits per heavy atom. The summed E-state index contributed by atoms with van der Waals surface area (Å²) in [6, 6.07) is 8.01. The number of carbonyl (C=O) groups excluding carboxylic acids is 1. The number of aromatic nitrogens is 2. The molecular formula is C25H36N4O2. The molecule has 2 heterocycles. The first-order valence-corrected chi connectivity index (χ1v) is 11.9. The lowest BCUT2D eigenvalue weighted by Crippen LogP contribution is -2.51. The van der Waals surface area contributed by atoms with Crippen molar-refractivity contribution in [2.45, 2.75) is 51.9 Å². The number of hydrogen-bond donors (Lipinski definition) is 0. The average molecular weight is 425 g/mol. The molecule has 0 atom stereocenters. The van der Waals surface area contributed by atoms with Crippen molar-refractivity contribution < 1.29 is 9.53 Å². The third-order valence-corrected chi connectivity index (χ3v) is 6.99. The largest absolute Gasteiger partial charge is 0.497 e. The quantitative estimate of drug-likeness (QED) is 0.655. The summed E-state index contributed by atoms with van der Waals surface area (Å²) < 4.78 is 7.47. The maximum atomic E-state index is 13.1. The van der Waals surface area contributed by atoms with Gasteiger partial charge in [-0.25, -0.2) is 4.98 Å². The van der Waals surface area contributed by atoms with E-state index in [1.165, 1.54) is 32.1 Å². The van der Waals surface area contributed by atoms with Crippen molar-refractivity contribution in [2.24, 2.45) is 11.8 Å². The van der Waals surface area contributed by atoms with Crippen molar-refractivity contribution in [3.05, 3.63) is 36.7 Å². The van der Waals surface area contributed by atoms with Crippen LogP contribution in [0.4, 0.5) is 5.95 Å². The van der Waals surface area contributed by atoms with Gasteiger partial charge in [-0.05, 0) is 43.7 Å². The average Bonchev–Trinajstić information content (AvgIpc) is 3.33. The molecule has 2 aromatic rings. The second kappa shape index (κ2) is 10.2. The van der Waals surface area contributed by atoms with Crippen molar-refractivity contribution in [1.29, 1.82) is 0 Å². The third kappa shape index (κ3) is 5.05. The number of hydrogen-bond acceptors (Lipinski definition) is 4. The fourth-order valence-corrected chi connectivity index (χ4v) is 5.07. The van der Waals surface area contributed by atoms with Crippen LogP contribution in [0, 0.1) is 11.8 Å². The van der Waals surface area contributed by atoms with E-state index in [9.17, 15) is 4.79 Å². The van der Waals surface area contributed by atoms with Gasteiger partial charge in [0.05, 0.1) is 12.8 Å². The molecule has 2 aliphatic rings. The molecule has 1 amide bonds. The standard InChI is InChI=1S/C25H36N4O2/c1-3-4-6-20-9-11-21(12-10-20)24(30)27-15-17-28(18-16-27)25-26-13-14-29(25)22-7-5-8-23(19-22)31-2/h5,7-8,13-14,19-21H,3-4,6,9-12,15-18H2,1-2H3. The van der Waals surface area contributed by atoms with Gasteiger partial charge in [0.2, 0.25) is 11.9 Å². The summed E-state index contributed by atoms with van der Waals surface area (Å²) in [4.78, 5) is 22.1.